The van der Waals surface area contributed by atoms with Crippen LogP contribution in [0.15, 0.2) is 24.3 Å². The summed E-state index contributed by atoms with van der Waals surface area (Å²) in [7, 11) is 3.24. The van der Waals surface area contributed by atoms with E-state index in [2.05, 4.69) is 0 Å². The fourth-order valence-electron chi connectivity index (χ4n) is 4.79. The molecule has 3 atom stereocenters. The van der Waals surface area contributed by atoms with Crippen molar-refractivity contribution in [3.05, 3.63) is 29.8 Å². The summed E-state index contributed by atoms with van der Waals surface area (Å²) >= 11 is 1.28. The Hall–Kier alpha value is -1.77. The Labute approximate surface area is 187 Å². The zero-order chi connectivity index (χ0) is 21.8. The highest BCUT2D eigenvalue weighted by Gasteiger charge is 2.52. The first-order chi connectivity index (χ1) is 15.0. The van der Waals surface area contributed by atoms with Gasteiger partial charge in [-0.2, -0.15) is 0 Å². The van der Waals surface area contributed by atoms with Crippen LogP contribution < -0.4 is 4.74 Å². The number of esters is 1. The van der Waals surface area contributed by atoms with Crippen LogP contribution in [0.3, 0.4) is 0 Å². The van der Waals surface area contributed by atoms with Crippen LogP contribution in [0.2, 0.25) is 0 Å². The molecule has 1 saturated carbocycles. The molecular weight excluding hydrogens is 418 g/mol. The van der Waals surface area contributed by atoms with Gasteiger partial charge >= 0.3 is 5.97 Å². The maximum atomic E-state index is 12.7. The number of hydrogen-bond donors (Lipinski definition) is 0. The summed E-state index contributed by atoms with van der Waals surface area (Å²) < 4.78 is 23.2. The van der Waals surface area contributed by atoms with Crippen molar-refractivity contribution in [3.63, 3.8) is 0 Å². The normalized spacial score (nSPS) is 29.4. The Morgan fingerprint density at radius 3 is 2.61 bits per heavy atom. The van der Waals surface area contributed by atoms with Crippen molar-refractivity contribution in [1.82, 2.24) is 4.90 Å². The lowest BCUT2D eigenvalue weighted by molar-refractivity contribution is -0.282. The molecule has 1 aromatic rings. The lowest BCUT2D eigenvalue weighted by atomic mass is 9.94. The second kappa shape index (κ2) is 9.79. The molecule has 4 rings (SSSR count). The minimum atomic E-state index is -0.982. The number of amides is 1. The standard InChI is InChI=1S/C23H31NO6S/c1-27-18-9-7-16(8-10-18)14-24-20(15-31-22(24)26)23(28-2)13-19(11-12-29-23)30-21(25)17-5-3-4-6-17/h7-10,17,19-20H,3-6,11-15H2,1-2H3/t19?,20-,23?/m0/s1. The average molecular weight is 450 g/mol. The third-order valence-corrected chi connectivity index (χ3v) is 7.57. The van der Waals surface area contributed by atoms with Gasteiger partial charge in [-0.05, 0) is 30.5 Å². The van der Waals surface area contributed by atoms with Crippen molar-refractivity contribution in [2.45, 2.75) is 63.0 Å². The Balaban J connectivity index is 1.47. The maximum absolute atomic E-state index is 12.7. The van der Waals surface area contributed by atoms with Crippen LogP contribution in [0.4, 0.5) is 4.79 Å². The largest absolute Gasteiger partial charge is 0.497 e. The van der Waals surface area contributed by atoms with Crippen LogP contribution in [0, 0.1) is 5.92 Å². The second-order valence-electron chi connectivity index (χ2n) is 8.47. The van der Waals surface area contributed by atoms with Gasteiger partial charge in [0.2, 0.25) is 0 Å². The molecular formula is C23H31NO6S. The quantitative estimate of drug-likeness (QED) is 0.583. The van der Waals surface area contributed by atoms with E-state index in [1.54, 1.807) is 14.2 Å². The third kappa shape index (κ3) is 4.86. The van der Waals surface area contributed by atoms with Crippen molar-refractivity contribution < 1.29 is 28.5 Å². The van der Waals surface area contributed by atoms with Gasteiger partial charge < -0.3 is 23.8 Å². The van der Waals surface area contributed by atoms with Gasteiger partial charge in [-0.1, -0.05) is 36.7 Å². The molecule has 1 aliphatic carbocycles. The van der Waals surface area contributed by atoms with E-state index >= 15 is 0 Å². The van der Waals surface area contributed by atoms with E-state index < -0.39 is 5.79 Å². The van der Waals surface area contributed by atoms with Crippen molar-refractivity contribution >= 4 is 23.0 Å². The maximum Gasteiger partial charge on any atom is 0.309 e. The van der Waals surface area contributed by atoms with Gasteiger partial charge in [0, 0.05) is 32.2 Å². The molecule has 3 fully saturated rings. The summed E-state index contributed by atoms with van der Waals surface area (Å²) in [5, 5.41) is 0.00548. The van der Waals surface area contributed by atoms with E-state index in [-0.39, 0.29) is 29.3 Å². The number of thioether (sulfide) groups is 1. The van der Waals surface area contributed by atoms with E-state index in [0.717, 1.165) is 37.0 Å². The van der Waals surface area contributed by atoms with Crippen LogP contribution in [0.25, 0.3) is 0 Å². The van der Waals surface area contributed by atoms with Crippen molar-refractivity contribution in [2.75, 3.05) is 26.6 Å². The average Bonchev–Trinajstić information content (AvgIpc) is 3.45. The smallest absolute Gasteiger partial charge is 0.309 e. The number of hydrogen-bond acceptors (Lipinski definition) is 7. The first kappa shape index (κ1) is 22.4. The van der Waals surface area contributed by atoms with Gasteiger partial charge in [0.1, 0.15) is 11.9 Å². The lowest BCUT2D eigenvalue weighted by Crippen LogP contribution is -2.58. The fourth-order valence-corrected chi connectivity index (χ4v) is 5.88. The molecule has 2 aliphatic heterocycles. The van der Waals surface area contributed by atoms with Crippen LogP contribution in [0.1, 0.15) is 44.1 Å². The van der Waals surface area contributed by atoms with Gasteiger partial charge in [0.25, 0.3) is 5.24 Å². The van der Waals surface area contributed by atoms with E-state index in [1.807, 2.05) is 29.2 Å². The highest BCUT2D eigenvalue weighted by atomic mass is 32.2. The van der Waals surface area contributed by atoms with Gasteiger partial charge in [0.15, 0.2) is 5.79 Å². The zero-order valence-electron chi connectivity index (χ0n) is 18.2. The lowest BCUT2D eigenvalue weighted by Gasteiger charge is -2.45. The molecule has 8 heteroatoms. The predicted octanol–water partition coefficient (Wildman–Crippen LogP) is 3.99. The highest BCUT2D eigenvalue weighted by molar-refractivity contribution is 8.13. The van der Waals surface area contributed by atoms with Crippen LogP contribution in [0.5, 0.6) is 5.75 Å². The van der Waals surface area contributed by atoms with E-state index in [1.165, 1.54) is 11.8 Å². The molecule has 0 bridgehead atoms. The molecule has 7 nitrogen and oxygen atoms in total. The summed E-state index contributed by atoms with van der Waals surface area (Å²) in [5.74, 6) is 0.297. The molecule has 0 radical (unpaired) electrons. The summed E-state index contributed by atoms with van der Waals surface area (Å²) in [5.41, 5.74) is 1.01. The fraction of sp³-hybridized carbons (Fsp3) is 0.652. The number of carbonyl (C=O) groups is 2. The molecule has 3 aliphatic rings. The summed E-state index contributed by atoms with van der Waals surface area (Å²) in [4.78, 5) is 27.1. The summed E-state index contributed by atoms with van der Waals surface area (Å²) in [6.45, 7) is 0.893. The summed E-state index contributed by atoms with van der Waals surface area (Å²) in [6.07, 6.45) is 4.84. The molecule has 2 saturated heterocycles. The molecule has 0 aromatic heterocycles. The summed E-state index contributed by atoms with van der Waals surface area (Å²) in [6, 6.07) is 7.43. The first-order valence-corrected chi connectivity index (χ1v) is 12.0. The van der Waals surface area contributed by atoms with Crippen molar-refractivity contribution in [1.29, 1.82) is 0 Å². The van der Waals surface area contributed by atoms with Gasteiger partial charge in [0.05, 0.1) is 25.7 Å². The Bertz CT molecular complexity index is 781. The van der Waals surface area contributed by atoms with Gasteiger partial charge in [-0.25, -0.2) is 0 Å². The van der Waals surface area contributed by atoms with Crippen LogP contribution >= 0.6 is 11.8 Å². The number of carbonyl (C=O) groups excluding carboxylic acids is 2. The Morgan fingerprint density at radius 2 is 1.94 bits per heavy atom. The molecule has 0 N–H and O–H groups in total. The number of benzene rings is 1. The Morgan fingerprint density at radius 1 is 1.19 bits per heavy atom. The van der Waals surface area contributed by atoms with Crippen LogP contribution in [-0.2, 0) is 25.5 Å². The van der Waals surface area contributed by atoms with Crippen LogP contribution in [-0.4, -0.2) is 60.6 Å². The van der Waals surface area contributed by atoms with Gasteiger partial charge in [-0.15, -0.1) is 0 Å². The minimum Gasteiger partial charge on any atom is -0.497 e. The zero-order valence-corrected chi connectivity index (χ0v) is 19.0. The minimum absolute atomic E-state index is 0.00548. The highest BCUT2D eigenvalue weighted by Crippen LogP contribution is 2.40. The number of rotatable bonds is 7. The number of ether oxygens (including phenoxy) is 4. The molecule has 170 valence electrons. The van der Waals surface area contributed by atoms with Crippen molar-refractivity contribution in [2.24, 2.45) is 5.92 Å². The number of nitrogens with zero attached hydrogens (tertiary/aromatic N) is 1. The topological polar surface area (TPSA) is 74.3 Å². The monoisotopic (exact) mass is 449 g/mol. The van der Waals surface area contributed by atoms with E-state index in [0.29, 0.717) is 31.7 Å². The van der Waals surface area contributed by atoms with Crippen molar-refractivity contribution in [3.8, 4) is 5.75 Å². The predicted molar refractivity (Wildman–Crippen MR) is 117 cm³/mol. The third-order valence-electron chi connectivity index (χ3n) is 6.61. The first-order valence-electron chi connectivity index (χ1n) is 11.0. The molecule has 0 spiro atoms. The van der Waals surface area contributed by atoms with E-state index in [4.69, 9.17) is 18.9 Å². The number of methoxy groups -OCH3 is 2. The Kier molecular flexibility index (Phi) is 7.08. The van der Waals surface area contributed by atoms with E-state index in [9.17, 15) is 9.59 Å². The molecule has 1 aromatic carbocycles. The SMILES string of the molecule is COc1ccc(CN2C(=O)SC[C@H]2C2(OC)CC(OC(=O)C3CCCC3)CCO2)cc1. The molecule has 31 heavy (non-hydrogen) atoms. The second-order valence-corrected chi connectivity index (χ2v) is 9.44. The molecule has 2 unspecified atom stereocenters. The van der Waals surface area contributed by atoms with Gasteiger partial charge in [-0.3, -0.25) is 9.59 Å². The molecule has 2 heterocycles. The molecule has 1 amide bonds.